The molecule has 1 spiro atoms. The molecular formula is C10H13BF3KO2. The minimum absolute atomic E-state index is 0. The van der Waals surface area contributed by atoms with Crippen LogP contribution in [0.25, 0.3) is 0 Å². The van der Waals surface area contributed by atoms with Gasteiger partial charge in [0.25, 0.3) is 0 Å². The molecule has 1 aliphatic carbocycles. The first-order valence-electron chi connectivity index (χ1n) is 5.42. The molecule has 0 radical (unpaired) electrons. The quantitative estimate of drug-likeness (QED) is 0.599. The van der Waals surface area contributed by atoms with Crippen molar-refractivity contribution < 1.29 is 73.9 Å². The number of hydrogen-bond donors (Lipinski definition) is 0. The summed E-state index contributed by atoms with van der Waals surface area (Å²) in [6.45, 7) is -4.09. The van der Waals surface area contributed by atoms with E-state index in [4.69, 9.17) is 4.74 Å². The fraction of sp³-hybridized carbons (Fsp3) is 0.700. The van der Waals surface area contributed by atoms with Gasteiger partial charge in [0, 0.05) is 19.6 Å². The molecule has 0 N–H and O–H groups in total. The minimum Gasteiger partial charge on any atom is -0.445 e. The smallest absolute Gasteiger partial charge is 0.445 e. The third kappa shape index (κ3) is 3.91. The Labute approximate surface area is 141 Å². The standard InChI is InChI=1S/C10H13BF3O2.K/c12-11(13,14)8-5-9(15)7-10(6-8)1-3-16-4-2-10;/h5H,1-4,6-7H2;/q-1;+1. The summed E-state index contributed by atoms with van der Waals surface area (Å²) >= 11 is 0. The predicted molar refractivity (Wildman–Crippen MR) is 53.9 cm³/mol. The van der Waals surface area contributed by atoms with Gasteiger partial charge >= 0.3 is 58.4 Å². The van der Waals surface area contributed by atoms with Gasteiger partial charge in [-0.1, -0.05) is 6.42 Å². The summed E-state index contributed by atoms with van der Waals surface area (Å²) in [4.78, 5) is 11.4. The molecule has 2 rings (SSSR count). The molecule has 1 saturated heterocycles. The maximum absolute atomic E-state index is 12.7. The fourth-order valence-electron chi connectivity index (χ4n) is 2.54. The van der Waals surface area contributed by atoms with Gasteiger partial charge in [-0.25, -0.2) is 0 Å². The van der Waals surface area contributed by atoms with Gasteiger partial charge in [-0.3, -0.25) is 4.79 Å². The Hall–Kier alpha value is 0.861. The van der Waals surface area contributed by atoms with Crippen molar-refractivity contribution in [3.8, 4) is 0 Å². The molecule has 1 aliphatic heterocycles. The molecule has 7 heteroatoms. The van der Waals surface area contributed by atoms with Crippen molar-refractivity contribution >= 4 is 12.8 Å². The van der Waals surface area contributed by atoms with Crippen molar-refractivity contribution in [3.63, 3.8) is 0 Å². The number of carbonyl (C=O) groups excluding carboxylic acids is 1. The van der Waals surface area contributed by atoms with Gasteiger partial charge in [-0.05, 0) is 24.3 Å². The van der Waals surface area contributed by atoms with E-state index in [1.165, 1.54) is 0 Å². The molecule has 1 heterocycles. The minimum atomic E-state index is -5.02. The first-order chi connectivity index (χ1) is 7.41. The monoisotopic (exact) mass is 272 g/mol. The topological polar surface area (TPSA) is 26.3 Å². The van der Waals surface area contributed by atoms with Gasteiger partial charge in [0.2, 0.25) is 0 Å². The van der Waals surface area contributed by atoms with E-state index in [1.807, 2.05) is 0 Å². The zero-order chi connectivity index (χ0) is 11.8. The van der Waals surface area contributed by atoms with E-state index in [1.54, 1.807) is 0 Å². The second kappa shape index (κ2) is 5.88. The van der Waals surface area contributed by atoms with Crippen LogP contribution < -0.4 is 51.4 Å². The Morgan fingerprint density at radius 2 is 1.76 bits per heavy atom. The van der Waals surface area contributed by atoms with Gasteiger partial charge in [0.15, 0.2) is 5.78 Å². The molecule has 2 aliphatic rings. The van der Waals surface area contributed by atoms with E-state index >= 15 is 0 Å². The van der Waals surface area contributed by atoms with Crippen LogP contribution in [0.2, 0.25) is 0 Å². The Morgan fingerprint density at radius 3 is 2.29 bits per heavy atom. The summed E-state index contributed by atoms with van der Waals surface area (Å²) in [7, 11) is 0. The maximum atomic E-state index is 12.7. The normalized spacial score (nSPS) is 24.2. The van der Waals surface area contributed by atoms with Crippen molar-refractivity contribution in [2.24, 2.45) is 5.41 Å². The maximum Gasteiger partial charge on any atom is 1.00 e. The number of hydrogen-bond acceptors (Lipinski definition) is 2. The number of ketones is 1. The Morgan fingerprint density at radius 1 is 1.18 bits per heavy atom. The van der Waals surface area contributed by atoms with Crippen molar-refractivity contribution in [2.75, 3.05) is 13.2 Å². The Kier molecular flexibility index (Phi) is 5.50. The molecule has 0 aromatic carbocycles. The molecule has 0 aromatic heterocycles. The third-order valence-corrected chi connectivity index (χ3v) is 3.45. The molecule has 0 unspecified atom stereocenters. The van der Waals surface area contributed by atoms with Crippen LogP contribution in [-0.2, 0) is 9.53 Å². The van der Waals surface area contributed by atoms with Crippen LogP contribution in [0.4, 0.5) is 12.9 Å². The van der Waals surface area contributed by atoms with Gasteiger partial charge in [-0.15, -0.1) is 5.47 Å². The van der Waals surface area contributed by atoms with E-state index in [0.717, 1.165) is 6.08 Å². The first-order valence-corrected chi connectivity index (χ1v) is 5.42. The number of carbonyl (C=O) groups is 1. The van der Waals surface area contributed by atoms with Crippen molar-refractivity contribution in [3.05, 3.63) is 11.5 Å². The van der Waals surface area contributed by atoms with Gasteiger partial charge in [0.05, 0.1) is 0 Å². The van der Waals surface area contributed by atoms with Crippen LogP contribution in [0, 0.1) is 5.41 Å². The van der Waals surface area contributed by atoms with Crippen molar-refractivity contribution in [1.82, 2.24) is 0 Å². The molecule has 0 amide bonds. The van der Waals surface area contributed by atoms with Gasteiger partial charge in [0.1, 0.15) is 0 Å². The Balaban J connectivity index is 0.00000144. The second-order valence-corrected chi connectivity index (χ2v) is 4.73. The largest absolute Gasteiger partial charge is 1.00 e. The van der Waals surface area contributed by atoms with Crippen molar-refractivity contribution in [1.29, 1.82) is 0 Å². The van der Waals surface area contributed by atoms with Crippen LogP contribution in [-0.4, -0.2) is 26.0 Å². The molecule has 0 atom stereocenters. The second-order valence-electron chi connectivity index (χ2n) is 4.73. The van der Waals surface area contributed by atoms with E-state index in [2.05, 4.69) is 0 Å². The number of allylic oxidation sites excluding steroid dienone is 2. The van der Waals surface area contributed by atoms with Gasteiger partial charge < -0.3 is 17.7 Å². The summed E-state index contributed by atoms with van der Waals surface area (Å²) in [5, 5.41) is 0. The molecular weight excluding hydrogens is 259 g/mol. The molecule has 90 valence electrons. The average molecular weight is 272 g/mol. The molecule has 0 bridgehead atoms. The summed E-state index contributed by atoms with van der Waals surface area (Å²) in [6, 6.07) is 0. The van der Waals surface area contributed by atoms with Crippen LogP contribution in [0.15, 0.2) is 11.5 Å². The van der Waals surface area contributed by atoms with Crippen LogP contribution in [0.5, 0.6) is 0 Å². The van der Waals surface area contributed by atoms with Crippen LogP contribution in [0.1, 0.15) is 25.7 Å². The van der Waals surface area contributed by atoms with Crippen LogP contribution in [0.3, 0.4) is 0 Å². The third-order valence-electron chi connectivity index (χ3n) is 3.45. The predicted octanol–water partition coefficient (Wildman–Crippen LogP) is -0.537. The van der Waals surface area contributed by atoms with E-state index < -0.39 is 17.9 Å². The molecule has 1 fully saturated rings. The van der Waals surface area contributed by atoms with Crippen molar-refractivity contribution in [2.45, 2.75) is 25.7 Å². The van der Waals surface area contributed by atoms with E-state index in [0.29, 0.717) is 26.1 Å². The summed E-state index contributed by atoms with van der Waals surface area (Å²) in [6.07, 6.45) is 2.14. The zero-order valence-corrected chi connectivity index (χ0v) is 13.0. The molecule has 17 heavy (non-hydrogen) atoms. The number of halogens is 3. The van der Waals surface area contributed by atoms with Gasteiger partial charge in [-0.2, -0.15) is 0 Å². The SMILES string of the molecule is O=C1C=C([B-](F)(F)F)CC2(CCOCC2)C1.[K+]. The number of rotatable bonds is 1. The molecule has 0 aromatic rings. The van der Waals surface area contributed by atoms with Crippen LogP contribution >= 0.6 is 0 Å². The number of ether oxygens (including phenoxy) is 1. The first kappa shape index (κ1) is 15.9. The fourth-order valence-corrected chi connectivity index (χ4v) is 2.54. The summed E-state index contributed by atoms with van der Waals surface area (Å²) in [5.74, 6) is -0.387. The van der Waals surface area contributed by atoms with E-state index in [9.17, 15) is 17.7 Å². The molecule has 2 nitrogen and oxygen atoms in total. The Bertz CT molecular complexity index is 335. The summed E-state index contributed by atoms with van der Waals surface area (Å²) < 4.78 is 43.1. The summed E-state index contributed by atoms with van der Waals surface area (Å²) in [5.41, 5.74) is -1.10. The zero-order valence-electron chi connectivity index (χ0n) is 9.85. The average Bonchev–Trinajstić information content (AvgIpc) is 2.16. The molecule has 0 saturated carbocycles. The van der Waals surface area contributed by atoms with E-state index in [-0.39, 0.29) is 70.0 Å².